The van der Waals surface area contributed by atoms with E-state index in [1.54, 1.807) is 6.07 Å². The van der Waals surface area contributed by atoms with Gasteiger partial charge in [-0.15, -0.1) is 11.6 Å². The van der Waals surface area contributed by atoms with Crippen molar-refractivity contribution in [3.8, 4) is 0 Å². The molecule has 104 valence electrons. The normalized spacial score (nSPS) is 10.3. The van der Waals surface area contributed by atoms with E-state index in [1.807, 2.05) is 31.2 Å². The van der Waals surface area contributed by atoms with Crippen molar-refractivity contribution in [2.45, 2.75) is 13.3 Å². The molecule has 2 rings (SSSR count). The van der Waals surface area contributed by atoms with E-state index in [1.165, 1.54) is 12.1 Å². The maximum atomic E-state index is 13.2. The quantitative estimate of drug-likeness (QED) is 0.851. The first-order valence-electron chi connectivity index (χ1n) is 6.28. The number of rotatable bonds is 4. The number of hydrogen-bond donors (Lipinski definition) is 1. The minimum Gasteiger partial charge on any atom is -0.325 e. The SMILES string of the molecule is Cc1ccc(Cc2cccc(F)c2)c(NC(=O)CCl)c1. The Bertz CT molecular complexity index is 628. The van der Waals surface area contributed by atoms with E-state index in [-0.39, 0.29) is 17.6 Å². The second-order valence-corrected chi connectivity index (χ2v) is 4.92. The van der Waals surface area contributed by atoms with Crippen LogP contribution in [-0.4, -0.2) is 11.8 Å². The summed E-state index contributed by atoms with van der Waals surface area (Å²) < 4.78 is 13.2. The standard InChI is InChI=1S/C16H15ClFNO/c1-11-5-6-13(15(7-11)19-16(20)10-17)8-12-3-2-4-14(18)9-12/h2-7,9H,8,10H2,1H3,(H,19,20). The molecular formula is C16H15ClFNO. The predicted octanol–water partition coefficient (Wildman–Crippen LogP) is 3.90. The molecule has 0 spiro atoms. The molecule has 0 fully saturated rings. The summed E-state index contributed by atoms with van der Waals surface area (Å²) in [5.74, 6) is -0.605. The van der Waals surface area contributed by atoms with E-state index in [0.717, 1.165) is 22.4 Å². The highest BCUT2D eigenvalue weighted by Gasteiger charge is 2.08. The minimum absolute atomic E-state index is 0.0899. The highest BCUT2D eigenvalue weighted by molar-refractivity contribution is 6.29. The zero-order valence-electron chi connectivity index (χ0n) is 11.1. The van der Waals surface area contributed by atoms with E-state index >= 15 is 0 Å². The molecule has 0 aromatic heterocycles. The van der Waals surface area contributed by atoms with Gasteiger partial charge in [0.2, 0.25) is 5.91 Å². The number of carbonyl (C=O) groups excluding carboxylic acids is 1. The average molecular weight is 292 g/mol. The smallest absolute Gasteiger partial charge is 0.239 e. The average Bonchev–Trinajstić information content (AvgIpc) is 2.42. The number of hydrogen-bond acceptors (Lipinski definition) is 1. The van der Waals surface area contributed by atoms with E-state index in [4.69, 9.17) is 11.6 Å². The van der Waals surface area contributed by atoms with Gasteiger partial charge in [-0.25, -0.2) is 4.39 Å². The summed E-state index contributed by atoms with van der Waals surface area (Å²) in [4.78, 5) is 11.4. The lowest BCUT2D eigenvalue weighted by Crippen LogP contribution is -2.14. The number of anilines is 1. The number of benzene rings is 2. The maximum absolute atomic E-state index is 13.2. The van der Waals surface area contributed by atoms with Crippen molar-refractivity contribution in [2.75, 3.05) is 11.2 Å². The third-order valence-corrected chi connectivity index (χ3v) is 3.19. The first kappa shape index (κ1) is 14.5. The van der Waals surface area contributed by atoms with Crippen LogP contribution < -0.4 is 5.32 Å². The molecule has 0 unspecified atom stereocenters. The van der Waals surface area contributed by atoms with Crippen LogP contribution in [0.5, 0.6) is 0 Å². The third-order valence-electron chi connectivity index (χ3n) is 2.94. The molecule has 1 amide bonds. The molecule has 0 radical (unpaired) electrons. The van der Waals surface area contributed by atoms with Gasteiger partial charge in [0.05, 0.1) is 0 Å². The Hall–Kier alpha value is -1.87. The van der Waals surface area contributed by atoms with Gasteiger partial charge < -0.3 is 5.32 Å². The van der Waals surface area contributed by atoms with Gasteiger partial charge in [0.25, 0.3) is 0 Å². The van der Waals surface area contributed by atoms with Crippen molar-refractivity contribution < 1.29 is 9.18 Å². The molecule has 0 aliphatic heterocycles. The van der Waals surface area contributed by atoms with Crippen LogP contribution in [0.15, 0.2) is 42.5 Å². The Labute approximate surface area is 122 Å². The van der Waals surface area contributed by atoms with Gasteiger partial charge >= 0.3 is 0 Å². The van der Waals surface area contributed by atoms with Crippen LogP contribution in [0, 0.1) is 12.7 Å². The summed E-state index contributed by atoms with van der Waals surface area (Å²) in [5, 5.41) is 2.77. The number of alkyl halides is 1. The molecule has 0 bridgehead atoms. The van der Waals surface area contributed by atoms with Crippen molar-refractivity contribution in [3.05, 3.63) is 65.0 Å². The molecule has 1 N–H and O–H groups in total. The number of halogens is 2. The van der Waals surface area contributed by atoms with Gasteiger partial charge in [0.1, 0.15) is 11.7 Å². The van der Waals surface area contributed by atoms with Crippen molar-refractivity contribution in [2.24, 2.45) is 0 Å². The van der Waals surface area contributed by atoms with Crippen molar-refractivity contribution in [1.82, 2.24) is 0 Å². The number of carbonyl (C=O) groups is 1. The first-order chi connectivity index (χ1) is 9.58. The lowest BCUT2D eigenvalue weighted by molar-refractivity contribution is -0.113. The largest absolute Gasteiger partial charge is 0.325 e. The predicted molar refractivity (Wildman–Crippen MR) is 79.7 cm³/mol. The van der Waals surface area contributed by atoms with E-state index < -0.39 is 0 Å². The Morgan fingerprint density at radius 3 is 2.75 bits per heavy atom. The molecule has 2 aromatic rings. The highest BCUT2D eigenvalue weighted by atomic mass is 35.5. The Morgan fingerprint density at radius 1 is 1.25 bits per heavy atom. The highest BCUT2D eigenvalue weighted by Crippen LogP contribution is 2.21. The van der Waals surface area contributed by atoms with Crippen LogP contribution in [-0.2, 0) is 11.2 Å². The summed E-state index contributed by atoms with van der Waals surface area (Å²) in [7, 11) is 0. The van der Waals surface area contributed by atoms with Crippen LogP contribution in [0.3, 0.4) is 0 Å². The zero-order valence-corrected chi connectivity index (χ0v) is 11.9. The molecule has 0 saturated carbocycles. The van der Waals surface area contributed by atoms with Gasteiger partial charge in [-0.1, -0.05) is 24.3 Å². The van der Waals surface area contributed by atoms with Crippen molar-refractivity contribution in [1.29, 1.82) is 0 Å². The third kappa shape index (κ3) is 3.81. The fraction of sp³-hybridized carbons (Fsp3) is 0.188. The van der Waals surface area contributed by atoms with E-state index in [9.17, 15) is 9.18 Å². The van der Waals surface area contributed by atoms with Crippen LogP contribution in [0.2, 0.25) is 0 Å². The molecule has 4 heteroatoms. The van der Waals surface area contributed by atoms with E-state index in [0.29, 0.717) is 6.42 Å². The summed E-state index contributed by atoms with van der Waals surface area (Å²) in [5.41, 5.74) is 3.55. The lowest BCUT2D eigenvalue weighted by Gasteiger charge is -2.12. The second kappa shape index (κ2) is 6.53. The van der Waals surface area contributed by atoms with E-state index in [2.05, 4.69) is 5.32 Å². The number of aryl methyl sites for hydroxylation is 1. The Balaban J connectivity index is 2.28. The minimum atomic E-state index is -0.263. The van der Waals surface area contributed by atoms with Gasteiger partial charge in [-0.3, -0.25) is 4.79 Å². The molecule has 0 aliphatic rings. The lowest BCUT2D eigenvalue weighted by atomic mass is 10.0. The fourth-order valence-corrected chi connectivity index (χ4v) is 2.08. The van der Waals surface area contributed by atoms with Crippen LogP contribution in [0.1, 0.15) is 16.7 Å². The maximum Gasteiger partial charge on any atom is 0.239 e. The number of amides is 1. The first-order valence-corrected chi connectivity index (χ1v) is 6.81. The summed E-state index contributed by atoms with van der Waals surface area (Å²) >= 11 is 5.51. The topological polar surface area (TPSA) is 29.1 Å². The molecule has 0 heterocycles. The van der Waals surface area contributed by atoms with Crippen molar-refractivity contribution in [3.63, 3.8) is 0 Å². The summed E-state index contributed by atoms with van der Waals surface area (Å²) in [6.07, 6.45) is 0.552. The molecule has 2 nitrogen and oxygen atoms in total. The fourth-order valence-electron chi connectivity index (χ4n) is 2.01. The molecule has 0 saturated heterocycles. The van der Waals surface area contributed by atoms with Crippen LogP contribution >= 0.6 is 11.6 Å². The van der Waals surface area contributed by atoms with Gasteiger partial charge in [0, 0.05) is 5.69 Å². The summed E-state index contributed by atoms with van der Waals surface area (Å²) in [6.45, 7) is 1.95. The Kier molecular flexibility index (Phi) is 4.74. The molecule has 2 aromatic carbocycles. The molecular weight excluding hydrogens is 277 g/mol. The Morgan fingerprint density at radius 2 is 2.05 bits per heavy atom. The van der Waals surface area contributed by atoms with Gasteiger partial charge in [0.15, 0.2) is 0 Å². The van der Waals surface area contributed by atoms with Crippen LogP contribution in [0.4, 0.5) is 10.1 Å². The van der Waals surface area contributed by atoms with Gasteiger partial charge in [-0.2, -0.15) is 0 Å². The van der Waals surface area contributed by atoms with Crippen LogP contribution in [0.25, 0.3) is 0 Å². The van der Waals surface area contributed by atoms with Crippen molar-refractivity contribution >= 4 is 23.2 Å². The van der Waals surface area contributed by atoms with Gasteiger partial charge in [-0.05, 0) is 48.2 Å². The monoisotopic (exact) mass is 291 g/mol. The zero-order chi connectivity index (χ0) is 14.5. The second-order valence-electron chi connectivity index (χ2n) is 4.65. The molecule has 0 aliphatic carbocycles. The number of nitrogens with one attached hydrogen (secondary N) is 1. The molecule has 0 atom stereocenters. The molecule has 20 heavy (non-hydrogen) atoms. The summed E-state index contributed by atoms with van der Waals surface area (Å²) in [6, 6.07) is 12.2.